The molecule has 7 nitrogen and oxygen atoms in total. The van der Waals surface area contributed by atoms with Crippen molar-refractivity contribution in [3.05, 3.63) is 136 Å². The second-order valence-electron chi connectivity index (χ2n) is 7.40. The summed E-state index contributed by atoms with van der Waals surface area (Å²) in [4.78, 5) is 37.0. The molecule has 0 radical (unpaired) electrons. The van der Waals surface area contributed by atoms with Crippen molar-refractivity contribution in [1.82, 2.24) is 0 Å². The van der Waals surface area contributed by atoms with Crippen LogP contribution in [0.25, 0.3) is 0 Å². The molecule has 7 heteroatoms. The largest absolute Gasteiger partial charge is 0.445 e. The average molecular weight is 452 g/mol. The lowest BCUT2D eigenvalue weighted by Gasteiger charge is -2.19. The van der Waals surface area contributed by atoms with E-state index in [-0.39, 0.29) is 11.3 Å². The van der Waals surface area contributed by atoms with E-state index in [0.29, 0.717) is 16.8 Å². The van der Waals surface area contributed by atoms with Gasteiger partial charge in [0.05, 0.1) is 16.2 Å². The van der Waals surface area contributed by atoms with Crippen molar-refractivity contribution in [1.29, 1.82) is 0 Å². The predicted molar refractivity (Wildman–Crippen MR) is 128 cm³/mol. The molecule has 0 aromatic heterocycles. The fraction of sp³-hybridized carbons (Fsp3) is 0.0370. The molecule has 4 aromatic rings. The van der Waals surface area contributed by atoms with Crippen LogP contribution in [-0.4, -0.2) is 16.7 Å². The topological polar surface area (TPSA) is 98.5 Å². The molecular weight excluding hydrogens is 432 g/mol. The molecule has 0 amide bonds. The number of hydrogen-bond acceptors (Lipinski definition) is 6. The number of nitrogens with zero attached hydrogens (tertiary/aromatic N) is 1. The summed E-state index contributed by atoms with van der Waals surface area (Å²) < 4.78 is 5.72. The van der Waals surface area contributed by atoms with Crippen molar-refractivity contribution in [2.24, 2.45) is 0 Å². The number of nitro groups is 1. The molecule has 1 atom stereocenters. The number of hydrogen-bond donors (Lipinski definition) is 1. The summed E-state index contributed by atoms with van der Waals surface area (Å²) in [6.45, 7) is 0. The number of non-ortho nitro benzene ring substituents is 1. The Hall–Kier alpha value is -4.78. The molecule has 0 saturated carbocycles. The lowest BCUT2D eigenvalue weighted by Crippen LogP contribution is -2.21. The minimum absolute atomic E-state index is 0.126. The lowest BCUT2D eigenvalue weighted by molar-refractivity contribution is -0.384. The van der Waals surface area contributed by atoms with E-state index in [1.807, 2.05) is 30.3 Å². The number of nitro benzene ring substituents is 1. The Balaban J connectivity index is 1.66. The van der Waals surface area contributed by atoms with Crippen LogP contribution in [0.1, 0.15) is 32.4 Å². The Morgan fingerprint density at radius 1 is 0.765 bits per heavy atom. The molecule has 168 valence electrons. The third-order valence-electron chi connectivity index (χ3n) is 5.13. The van der Waals surface area contributed by atoms with Gasteiger partial charge < -0.3 is 10.1 Å². The number of nitrogens with one attached hydrogen (secondary N) is 1. The summed E-state index contributed by atoms with van der Waals surface area (Å²) in [5.41, 5.74) is 2.12. The highest BCUT2D eigenvalue weighted by atomic mass is 16.6. The summed E-state index contributed by atoms with van der Waals surface area (Å²) in [6, 6.07) is 30.0. The van der Waals surface area contributed by atoms with Crippen LogP contribution in [0.3, 0.4) is 0 Å². The van der Waals surface area contributed by atoms with E-state index < -0.39 is 22.8 Å². The fourth-order valence-electron chi connectivity index (χ4n) is 3.42. The fourth-order valence-corrected chi connectivity index (χ4v) is 3.42. The van der Waals surface area contributed by atoms with Crippen molar-refractivity contribution in [3.63, 3.8) is 0 Å². The van der Waals surface area contributed by atoms with Crippen LogP contribution in [0, 0.1) is 10.1 Å². The number of rotatable bonds is 8. The van der Waals surface area contributed by atoms with Crippen LogP contribution in [0.4, 0.5) is 17.1 Å². The first-order chi connectivity index (χ1) is 16.5. The number of ketones is 1. The Labute approximate surface area is 195 Å². The molecule has 0 aliphatic rings. The van der Waals surface area contributed by atoms with Crippen molar-refractivity contribution in [2.75, 3.05) is 5.32 Å². The van der Waals surface area contributed by atoms with E-state index in [9.17, 15) is 19.7 Å². The van der Waals surface area contributed by atoms with Crippen LogP contribution < -0.4 is 5.32 Å². The zero-order valence-corrected chi connectivity index (χ0v) is 18.0. The number of anilines is 2. The molecule has 0 saturated heterocycles. The molecule has 34 heavy (non-hydrogen) atoms. The van der Waals surface area contributed by atoms with Crippen molar-refractivity contribution in [3.8, 4) is 0 Å². The van der Waals surface area contributed by atoms with Gasteiger partial charge >= 0.3 is 5.97 Å². The number of Topliss-reactive ketones (excluding diaryl/α,β-unsaturated/α-hetero) is 1. The second-order valence-corrected chi connectivity index (χ2v) is 7.40. The van der Waals surface area contributed by atoms with E-state index >= 15 is 0 Å². The second kappa shape index (κ2) is 10.2. The Morgan fingerprint density at radius 2 is 1.35 bits per heavy atom. The van der Waals surface area contributed by atoms with Crippen LogP contribution in [0.2, 0.25) is 0 Å². The first kappa shape index (κ1) is 22.4. The highest BCUT2D eigenvalue weighted by Gasteiger charge is 2.28. The summed E-state index contributed by atoms with van der Waals surface area (Å²) in [6.07, 6.45) is -1.28. The van der Waals surface area contributed by atoms with Gasteiger partial charge in [-0.25, -0.2) is 4.79 Å². The van der Waals surface area contributed by atoms with Gasteiger partial charge in [-0.3, -0.25) is 14.9 Å². The summed E-state index contributed by atoms with van der Waals surface area (Å²) in [5, 5.41) is 14.2. The maximum atomic E-state index is 13.3. The molecule has 0 bridgehead atoms. The minimum atomic E-state index is -1.28. The van der Waals surface area contributed by atoms with Crippen molar-refractivity contribution < 1.29 is 19.2 Å². The molecule has 1 N–H and O–H groups in total. The Bertz CT molecular complexity index is 1310. The third kappa shape index (κ3) is 5.16. The standard InChI is InChI=1S/C27H20N2O5/c30-25(19-9-3-1-4-10-19)26(20-15-17-22(18-16-20)29(32)33)34-27(31)23-13-7-8-14-24(23)28-21-11-5-2-6-12-21/h1-18,26,28H/t26-/m1/s1. The zero-order chi connectivity index (χ0) is 23.9. The molecule has 4 rings (SSSR count). The van der Waals surface area contributed by atoms with E-state index in [1.165, 1.54) is 24.3 Å². The monoisotopic (exact) mass is 452 g/mol. The first-order valence-electron chi connectivity index (χ1n) is 10.5. The summed E-state index contributed by atoms with van der Waals surface area (Å²) in [5.74, 6) is -1.14. The van der Waals surface area contributed by atoms with Gasteiger partial charge in [0.1, 0.15) is 0 Å². The predicted octanol–water partition coefficient (Wildman–Crippen LogP) is 6.12. The average Bonchev–Trinajstić information content (AvgIpc) is 2.88. The lowest BCUT2D eigenvalue weighted by atomic mass is 9.99. The van der Waals surface area contributed by atoms with Gasteiger partial charge in [-0.1, -0.05) is 60.7 Å². The number of carbonyl (C=O) groups is 2. The maximum Gasteiger partial charge on any atom is 0.341 e. The van der Waals surface area contributed by atoms with Gasteiger partial charge in [0.2, 0.25) is 5.78 Å². The van der Waals surface area contributed by atoms with Crippen LogP contribution in [-0.2, 0) is 4.74 Å². The van der Waals surface area contributed by atoms with Gasteiger partial charge in [-0.15, -0.1) is 0 Å². The van der Waals surface area contributed by atoms with Crippen molar-refractivity contribution in [2.45, 2.75) is 6.10 Å². The molecule has 0 aliphatic carbocycles. The highest BCUT2D eigenvalue weighted by molar-refractivity contribution is 6.03. The molecule has 0 heterocycles. The Morgan fingerprint density at radius 3 is 2.00 bits per heavy atom. The minimum Gasteiger partial charge on any atom is -0.445 e. The number of ether oxygens (including phenoxy) is 1. The number of carbonyl (C=O) groups excluding carboxylic acids is 2. The van der Waals surface area contributed by atoms with E-state index in [0.717, 1.165) is 5.69 Å². The Kier molecular flexibility index (Phi) is 6.74. The summed E-state index contributed by atoms with van der Waals surface area (Å²) >= 11 is 0. The van der Waals surface area contributed by atoms with Gasteiger partial charge in [-0.2, -0.15) is 0 Å². The highest BCUT2D eigenvalue weighted by Crippen LogP contribution is 2.28. The smallest absolute Gasteiger partial charge is 0.341 e. The van der Waals surface area contributed by atoms with Gasteiger partial charge in [0.15, 0.2) is 6.10 Å². The quantitative estimate of drug-likeness (QED) is 0.150. The van der Waals surface area contributed by atoms with Gasteiger partial charge in [-0.05, 0) is 36.4 Å². The molecule has 0 fully saturated rings. The van der Waals surface area contributed by atoms with Crippen LogP contribution in [0.15, 0.2) is 109 Å². The van der Waals surface area contributed by atoms with E-state index in [1.54, 1.807) is 54.6 Å². The zero-order valence-electron chi connectivity index (χ0n) is 18.0. The summed E-state index contributed by atoms with van der Waals surface area (Å²) in [7, 11) is 0. The van der Waals surface area contributed by atoms with Crippen LogP contribution in [0.5, 0.6) is 0 Å². The van der Waals surface area contributed by atoms with E-state index in [4.69, 9.17) is 4.74 Å². The van der Waals surface area contributed by atoms with Crippen molar-refractivity contribution >= 4 is 28.8 Å². The normalized spacial score (nSPS) is 11.3. The van der Waals surface area contributed by atoms with Crippen LogP contribution >= 0.6 is 0 Å². The van der Waals surface area contributed by atoms with E-state index in [2.05, 4.69) is 5.32 Å². The maximum absolute atomic E-state index is 13.3. The van der Waals surface area contributed by atoms with Gasteiger partial charge in [0.25, 0.3) is 5.69 Å². The molecule has 0 aliphatic heterocycles. The molecule has 4 aromatic carbocycles. The van der Waals surface area contributed by atoms with Gasteiger partial charge in [0, 0.05) is 28.9 Å². The number of esters is 1. The molecule has 0 spiro atoms. The number of para-hydroxylation sites is 2. The first-order valence-corrected chi connectivity index (χ1v) is 10.5. The SMILES string of the molecule is O=C(O[C@@H](C(=O)c1ccccc1)c1ccc([N+](=O)[O-])cc1)c1ccccc1Nc1ccccc1. The molecule has 0 unspecified atom stereocenters. The molecular formula is C27H20N2O5. The number of benzene rings is 4. The third-order valence-corrected chi connectivity index (χ3v) is 5.13.